The number of hydrogen-bond acceptors (Lipinski definition) is 6. The SMILES string of the molecule is Cc1cc(C2CCOCC2)n2nc(NCc3ccnc4ccccc34)nc2n1. The number of rotatable bonds is 4. The van der Waals surface area contributed by atoms with Gasteiger partial charge in [0.25, 0.3) is 5.78 Å². The molecule has 0 bridgehead atoms. The summed E-state index contributed by atoms with van der Waals surface area (Å²) >= 11 is 0. The van der Waals surface area contributed by atoms with E-state index in [0.29, 0.717) is 24.2 Å². The Morgan fingerprint density at radius 2 is 2.00 bits per heavy atom. The summed E-state index contributed by atoms with van der Waals surface area (Å²) in [4.78, 5) is 13.6. The van der Waals surface area contributed by atoms with Crippen molar-refractivity contribution >= 4 is 22.6 Å². The third-order valence-corrected chi connectivity index (χ3v) is 5.28. The lowest BCUT2D eigenvalue weighted by atomic mass is 9.96. The van der Waals surface area contributed by atoms with Crippen LogP contribution in [0.1, 0.15) is 35.7 Å². The molecule has 1 aromatic carbocycles. The lowest BCUT2D eigenvalue weighted by molar-refractivity contribution is 0.0840. The molecule has 7 heteroatoms. The van der Waals surface area contributed by atoms with E-state index in [-0.39, 0.29) is 0 Å². The van der Waals surface area contributed by atoms with Crippen molar-refractivity contribution in [2.24, 2.45) is 0 Å². The zero-order chi connectivity index (χ0) is 18.9. The van der Waals surface area contributed by atoms with Gasteiger partial charge in [0.05, 0.1) is 11.2 Å². The van der Waals surface area contributed by atoms with E-state index in [0.717, 1.165) is 42.7 Å². The summed E-state index contributed by atoms with van der Waals surface area (Å²) in [6.45, 7) is 4.23. The first-order valence-electron chi connectivity index (χ1n) is 9.66. The highest BCUT2D eigenvalue weighted by Gasteiger charge is 2.21. The first-order chi connectivity index (χ1) is 13.8. The van der Waals surface area contributed by atoms with Gasteiger partial charge in [-0.25, -0.2) is 4.98 Å². The largest absolute Gasteiger partial charge is 0.381 e. The Morgan fingerprint density at radius 1 is 1.14 bits per heavy atom. The van der Waals surface area contributed by atoms with Crippen molar-refractivity contribution in [2.45, 2.75) is 32.2 Å². The highest BCUT2D eigenvalue weighted by molar-refractivity contribution is 5.82. The molecule has 142 valence electrons. The maximum Gasteiger partial charge on any atom is 0.254 e. The molecular weight excluding hydrogens is 352 g/mol. The van der Waals surface area contributed by atoms with Gasteiger partial charge < -0.3 is 10.1 Å². The van der Waals surface area contributed by atoms with E-state index in [1.807, 2.05) is 41.9 Å². The zero-order valence-electron chi connectivity index (χ0n) is 15.8. The van der Waals surface area contributed by atoms with Crippen LogP contribution in [0.15, 0.2) is 42.6 Å². The Labute approximate surface area is 162 Å². The van der Waals surface area contributed by atoms with Crippen molar-refractivity contribution < 1.29 is 4.74 Å². The normalized spacial score (nSPS) is 15.3. The molecule has 0 unspecified atom stereocenters. The minimum absolute atomic E-state index is 0.427. The minimum Gasteiger partial charge on any atom is -0.381 e. The molecule has 7 nitrogen and oxygen atoms in total. The fraction of sp³-hybridized carbons (Fsp3) is 0.333. The highest BCUT2D eigenvalue weighted by Crippen LogP contribution is 2.27. The van der Waals surface area contributed by atoms with Gasteiger partial charge in [-0.3, -0.25) is 4.98 Å². The van der Waals surface area contributed by atoms with E-state index >= 15 is 0 Å². The van der Waals surface area contributed by atoms with Crippen LogP contribution in [-0.2, 0) is 11.3 Å². The van der Waals surface area contributed by atoms with Crippen LogP contribution in [0.3, 0.4) is 0 Å². The molecule has 1 N–H and O–H groups in total. The minimum atomic E-state index is 0.427. The number of fused-ring (bicyclic) bond motifs is 2. The van der Waals surface area contributed by atoms with Crippen molar-refractivity contribution in [3.05, 3.63) is 59.5 Å². The monoisotopic (exact) mass is 374 g/mol. The summed E-state index contributed by atoms with van der Waals surface area (Å²) in [5, 5.41) is 9.19. The van der Waals surface area contributed by atoms with Gasteiger partial charge in [0.15, 0.2) is 0 Å². The standard InChI is InChI=1S/C21H22N6O/c1-14-12-19(15-7-10-28-11-8-15)27-21(24-14)25-20(26-27)23-13-16-6-9-22-18-5-3-2-4-17(16)18/h2-6,9,12,15H,7-8,10-11,13H2,1H3,(H,23,26). The van der Waals surface area contributed by atoms with Gasteiger partial charge in [-0.05, 0) is 43.5 Å². The number of aromatic nitrogens is 5. The number of nitrogens with one attached hydrogen (secondary N) is 1. The van der Waals surface area contributed by atoms with Crippen LogP contribution in [0.2, 0.25) is 0 Å². The van der Waals surface area contributed by atoms with Gasteiger partial charge in [-0.2, -0.15) is 9.50 Å². The van der Waals surface area contributed by atoms with E-state index in [4.69, 9.17) is 9.84 Å². The van der Waals surface area contributed by atoms with E-state index < -0.39 is 0 Å². The number of nitrogens with zero attached hydrogens (tertiary/aromatic N) is 5. The Hall–Kier alpha value is -3.06. The quantitative estimate of drug-likeness (QED) is 0.589. The van der Waals surface area contributed by atoms with E-state index in [9.17, 15) is 0 Å². The zero-order valence-corrected chi connectivity index (χ0v) is 15.8. The topological polar surface area (TPSA) is 77.2 Å². The predicted molar refractivity (Wildman–Crippen MR) is 107 cm³/mol. The average Bonchev–Trinajstić information content (AvgIpc) is 3.15. The Bertz CT molecular complexity index is 1130. The molecule has 0 saturated carbocycles. The number of benzene rings is 1. The van der Waals surface area contributed by atoms with Crippen molar-refractivity contribution in [3.8, 4) is 0 Å². The second kappa shape index (κ2) is 7.16. The Morgan fingerprint density at radius 3 is 2.89 bits per heavy atom. The molecule has 0 spiro atoms. The number of para-hydroxylation sites is 1. The van der Waals surface area contributed by atoms with Crippen molar-refractivity contribution in [1.82, 2.24) is 24.6 Å². The first kappa shape index (κ1) is 17.1. The van der Waals surface area contributed by atoms with Gasteiger partial charge >= 0.3 is 0 Å². The molecule has 4 aromatic rings. The third-order valence-electron chi connectivity index (χ3n) is 5.28. The van der Waals surface area contributed by atoms with Gasteiger partial charge in [-0.15, -0.1) is 5.10 Å². The fourth-order valence-corrected chi connectivity index (χ4v) is 3.86. The molecule has 4 heterocycles. The van der Waals surface area contributed by atoms with Crippen LogP contribution in [0, 0.1) is 6.92 Å². The maximum atomic E-state index is 5.51. The lowest BCUT2D eigenvalue weighted by Crippen LogP contribution is -2.17. The van der Waals surface area contributed by atoms with E-state index in [2.05, 4.69) is 32.4 Å². The van der Waals surface area contributed by atoms with Crippen LogP contribution in [-0.4, -0.2) is 37.8 Å². The average molecular weight is 374 g/mol. The number of anilines is 1. The van der Waals surface area contributed by atoms with E-state index in [1.54, 1.807) is 0 Å². The predicted octanol–water partition coefficient (Wildman–Crippen LogP) is 3.49. The molecule has 0 amide bonds. The van der Waals surface area contributed by atoms with Crippen LogP contribution in [0.5, 0.6) is 0 Å². The summed E-state index contributed by atoms with van der Waals surface area (Å²) in [6, 6.07) is 12.3. The van der Waals surface area contributed by atoms with Crippen molar-refractivity contribution in [1.29, 1.82) is 0 Å². The summed E-state index contributed by atoms with van der Waals surface area (Å²) in [7, 11) is 0. The number of pyridine rings is 1. The summed E-state index contributed by atoms with van der Waals surface area (Å²) in [5.41, 5.74) is 4.29. The van der Waals surface area contributed by atoms with Crippen LogP contribution < -0.4 is 5.32 Å². The summed E-state index contributed by atoms with van der Waals surface area (Å²) in [6.07, 6.45) is 3.85. The highest BCUT2D eigenvalue weighted by atomic mass is 16.5. The molecule has 1 aliphatic rings. The molecule has 0 atom stereocenters. The third kappa shape index (κ3) is 3.18. The maximum absolute atomic E-state index is 5.51. The molecule has 28 heavy (non-hydrogen) atoms. The molecule has 0 radical (unpaired) electrons. The van der Waals surface area contributed by atoms with Crippen molar-refractivity contribution in [2.75, 3.05) is 18.5 Å². The van der Waals surface area contributed by atoms with Crippen LogP contribution in [0.4, 0.5) is 5.95 Å². The number of aryl methyl sites for hydroxylation is 1. The molecule has 5 rings (SSSR count). The first-order valence-corrected chi connectivity index (χ1v) is 9.66. The second-order valence-corrected chi connectivity index (χ2v) is 7.20. The summed E-state index contributed by atoms with van der Waals surface area (Å²) in [5.74, 6) is 1.66. The van der Waals surface area contributed by atoms with E-state index in [1.165, 1.54) is 11.3 Å². The molecular formula is C21H22N6O. The Balaban J connectivity index is 1.45. The molecule has 0 aliphatic carbocycles. The molecule has 1 aliphatic heterocycles. The number of ether oxygens (including phenoxy) is 1. The van der Waals surface area contributed by atoms with Crippen molar-refractivity contribution in [3.63, 3.8) is 0 Å². The van der Waals surface area contributed by atoms with Gasteiger partial charge in [0.2, 0.25) is 5.95 Å². The Kier molecular flexibility index (Phi) is 4.37. The fourth-order valence-electron chi connectivity index (χ4n) is 3.86. The summed E-state index contributed by atoms with van der Waals surface area (Å²) < 4.78 is 7.40. The van der Waals surface area contributed by atoms with Crippen LogP contribution >= 0.6 is 0 Å². The lowest BCUT2D eigenvalue weighted by Gasteiger charge is -2.22. The molecule has 1 saturated heterocycles. The van der Waals surface area contributed by atoms with Gasteiger partial charge in [0, 0.05) is 43.0 Å². The van der Waals surface area contributed by atoms with Gasteiger partial charge in [-0.1, -0.05) is 18.2 Å². The second-order valence-electron chi connectivity index (χ2n) is 7.20. The molecule has 1 fully saturated rings. The molecule has 3 aromatic heterocycles. The smallest absolute Gasteiger partial charge is 0.254 e. The number of hydrogen-bond donors (Lipinski definition) is 1. The van der Waals surface area contributed by atoms with Gasteiger partial charge in [0.1, 0.15) is 0 Å². The van der Waals surface area contributed by atoms with Crippen LogP contribution in [0.25, 0.3) is 16.7 Å².